The first-order chi connectivity index (χ1) is 17.4. The molecule has 36 heavy (non-hydrogen) atoms. The maximum atomic E-state index is 14.2. The number of rotatable bonds is 6. The molecule has 0 radical (unpaired) electrons. The highest BCUT2D eigenvalue weighted by atomic mass is 16.5. The summed E-state index contributed by atoms with van der Waals surface area (Å²) in [5.41, 5.74) is 0.701. The van der Waals surface area contributed by atoms with Crippen LogP contribution in [-0.2, 0) is 11.3 Å². The van der Waals surface area contributed by atoms with Gasteiger partial charge in [-0.05, 0) is 50.1 Å². The van der Waals surface area contributed by atoms with Gasteiger partial charge in [0.2, 0.25) is 5.91 Å². The van der Waals surface area contributed by atoms with Gasteiger partial charge in [0.15, 0.2) is 0 Å². The van der Waals surface area contributed by atoms with Crippen molar-refractivity contribution in [2.45, 2.75) is 57.2 Å². The van der Waals surface area contributed by atoms with Crippen LogP contribution < -0.4 is 24.4 Å². The van der Waals surface area contributed by atoms with Crippen molar-refractivity contribution >= 4 is 28.4 Å². The molecular weight excluding hydrogens is 458 g/mol. The standard InChI is InChI=1S/C28H33N3O5/c1-28(27(33)29-19-8-6-5-7-9-19)17-30-23-15-20(34-2)11-10-18(23)14-24(30)26(32)31(28)22-13-12-21(35-3)16-25(22)36-4/h10-16,19H,5-9,17H2,1-4H3,(H,29,33)/t28-/m0/s1. The third kappa shape index (κ3) is 3.94. The first-order valence-corrected chi connectivity index (χ1v) is 12.4. The first kappa shape index (κ1) is 24.0. The van der Waals surface area contributed by atoms with E-state index in [0.29, 0.717) is 35.2 Å². The molecule has 0 saturated heterocycles. The summed E-state index contributed by atoms with van der Waals surface area (Å²) < 4.78 is 18.4. The summed E-state index contributed by atoms with van der Waals surface area (Å²) >= 11 is 0. The second-order valence-electron chi connectivity index (χ2n) is 9.80. The third-order valence-corrected chi connectivity index (χ3v) is 7.55. The van der Waals surface area contributed by atoms with Crippen molar-refractivity contribution < 1.29 is 23.8 Å². The van der Waals surface area contributed by atoms with Gasteiger partial charge in [-0.25, -0.2) is 0 Å². The second kappa shape index (κ2) is 9.41. The molecular formula is C28H33N3O5. The number of fused-ring (bicyclic) bond motifs is 3. The van der Waals surface area contributed by atoms with E-state index < -0.39 is 5.54 Å². The smallest absolute Gasteiger partial charge is 0.276 e. The van der Waals surface area contributed by atoms with Gasteiger partial charge < -0.3 is 24.1 Å². The summed E-state index contributed by atoms with van der Waals surface area (Å²) in [5.74, 6) is 1.33. The van der Waals surface area contributed by atoms with Gasteiger partial charge in [0, 0.05) is 23.6 Å². The van der Waals surface area contributed by atoms with Gasteiger partial charge in [0.25, 0.3) is 5.91 Å². The molecule has 1 atom stereocenters. The lowest BCUT2D eigenvalue weighted by molar-refractivity contribution is -0.127. The van der Waals surface area contributed by atoms with Crippen molar-refractivity contribution in [1.29, 1.82) is 0 Å². The Labute approximate surface area is 211 Å². The Hall–Kier alpha value is -3.68. The van der Waals surface area contributed by atoms with Crippen LogP contribution in [-0.4, -0.2) is 49.3 Å². The number of aromatic nitrogens is 1. The van der Waals surface area contributed by atoms with Crippen LogP contribution in [0.3, 0.4) is 0 Å². The minimum atomic E-state index is -1.20. The van der Waals surface area contributed by atoms with Crippen LogP contribution >= 0.6 is 0 Å². The molecule has 0 spiro atoms. The normalized spacial score (nSPS) is 20.2. The third-order valence-electron chi connectivity index (χ3n) is 7.55. The Morgan fingerprint density at radius 2 is 1.64 bits per heavy atom. The highest BCUT2D eigenvalue weighted by Crippen LogP contribution is 2.42. The monoisotopic (exact) mass is 491 g/mol. The Bertz CT molecular complexity index is 1310. The molecule has 3 aromatic rings. The van der Waals surface area contributed by atoms with Gasteiger partial charge in [-0.3, -0.25) is 14.5 Å². The van der Waals surface area contributed by atoms with Crippen molar-refractivity contribution in [3.05, 3.63) is 48.2 Å². The lowest BCUT2D eigenvalue weighted by Gasteiger charge is -2.45. The van der Waals surface area contributed by atoms with Gasteiger partial charge in [-0.15, -0.1) is 0 Å². The van der Waals surface area contributed by atoms with Gasteiger partial charge in [0.1, 0.15) is 28.5 Å². The number of ether oxygens (including phenoxy) is 3. The summed E-state index contributed by atoms with van der Waals surface area (Å²) in [5, 5.41) is 4.18. The molecule has 1 saturated carbocycles. The molecule has 2 aromatic carbocycles. The van der Waals surface area contributed by atoms with Gasteiger partial charge in [-0.2, -0.15) is 0 Å². The second-order valence-corrected chi connectivity index (χ2v) is 9.80. The molecule has 1 aromatic heterocycles. The molecule has 2 amide bonds. The van der Waals surface area contributed by atoms with Crippen molar-refractivity contribution in [2.75, 3.05) is 26.2 Å². The fourth-order valence-electron chi connectivity index (χ4n) is 5.53. The summed E-state index contributed by atoms with van der Waals surface area (Å²) in [4.78, 5) is 29.8. The van der Waals surface area contributed by atoms with E-state index in [1.54, 1.807) is 44.4 Å². The zero-order valence-electron chi connectivity index (χ0n) is 21.3. The van der Waals surface area contributed by atoms with Crippen LogP contribution in [0.25, 0.3) is 10.9 Å². The predicted octanol–water partition coefficient (Wildman–Crippen LogP) is 4.54. The van der Waals surface area contributed by atoms with Crippen molar-refractivity contribution in [3.8, 4) is 17.2 Å². The van der Waals surface area contributed by atoms with Crippen LogP contribution in [0.1, 0.15) is 49.5 Å². The molecule has 0 unspecified atom stereocenters. The van der Waals surface area contributed by atoms with Crippen LogP contribution in [0.15, 0.2) is 42.5 Å². The van der Waals surface area contributed by atoms with E-state index in [0.717, 1.165) is 36.6 Å². The molecule has 1 aliphatic heterocycles. The average molecular weight is 492 g/mol. The largest absolute Gasteiger partial charge is 0.497 e. The van der Waals surface area contributed by atoms with E-state index in [-0.39, 0.29) is 17.9 Å². The molecule has 190 valence electrons. The van der Waals surface area contributed by atoms with E-state index >= 15 is 0 Å². The quantitative estimate of drug-likeness (QED) is 0.548. The van der Waals surface area contributed by atoms with Crippen LogP contribution in [0, 0.1) is 0 Å². The van der Waals surface area contributed by atoms with E-state index in [4.69, 9.17) is 14.2 Å². The minimum Gasteiger partial charge on any atom is -0.497 e. The Morgan fingerprint density at radius 1 is 0.944 bits per heavy atom. The highest BCUT2D eigenvalue weighted by Gasteiger charge is 2.50. The molecule has 5 rings (SSSR count). The number of carbonyl (C=O) groups is 2. The number of amides is 2. The van der Waals surface area contributed by atoms with Crippen molar-refractivity contribution in [1.82, 2.24) is 9.88 Å². The van der Waals surface area contributed by atoms with Crippen molar-refractivity contribution in [3.63, 3.8) is 0 Å². The molecule has 2 aliphatic rings. The summed E-state index contributed by atoms with van der Waals surface area (Å²) in [7, 11) is 4.75. The van der Waals surface area contributed by atoms with Crippen LogP contribution in [0.2, 0.25) is 0 Å². The number of hydrogen-bond donors (Lipinski definition) is 1. The molecule has 1 N–H and O–H groups in total. The van der Waals surface area contributed by atoms with Gasteiger partial charge in [-0.1, -0.05) is 19.3 Å². The zero-order valence-corrected chi connectivity index (χ0v) is 21.3. The number of anilines is 1. The molecule has 8 heteroatoms. The van der Waals surface area contributed by atoms with Crippen LogP contribution in [0.4, 0.5) is 5.69 Å². The van der Waals surface area contributed by atoms with Gasteiger partial charge in [0.05, 0.1) is 39.1 Å². The lowest BCUT2D eigenvalue weighted by Crippen LogP contribution is -2.65. The number of benzene rings is 2. The number of nitrogens with one attached hydrogen (secondary N) is 1. The maximum Gasteiger partial charge on any atom is 0.276 e. The number of nitrogens with zero attached hydrogens (tertiary/aromatic N) is 2. The van der Waals surface area contributed by atoms with E-state index in [9.17, 15) is 9.59 Å². The highest BCUT2D eigenvalue weighted by molar-refractivity contribution is 6.14. The predicted molar refractivity (Wildman–Crippen MR) is 138 cm³/mol. The zero-order chi connectivity index (χ0) is 25.4. The fraction of sp³-hybridized carbons (Fsp3) is 0.429. The average Bonchev–Trinajstić information content (AvgIpc) is 3.27. The molecule has 8 nitrogen and oxygen atoms in total. The molecule has 1 aliphatic carbocycles. The molecule has 0 bridgehead atoms. The Morgan fingerprint density at radius 3 is 2.33 bits per heavy atom. The summed E-state index contributed by atoms with van der Waals surface area (Å²) in [6, 6.07) is 13.0. The van der Waals surface area contributed by atoms with E-state index in [2.05, 4.69) is 5.32 Å². The summed E-state index contributed by atoms with van der Waals surface area (Å²) in [6.07, 6.45) is 5.30. The SMILES string of the molecule is COc1ccc(N2C(=O)c3cc4ccc(OC)cc4n3C[C@@]2(C)C(=O)NC2CCCCC2)c(OC)c1. The number of carbonyl (C=O) groups excluding carboxylic acids is 2. The Balaban J connectivity index is 1.65. The van der Waals surface area contributed by atoms with E-state index in [1.807, 2.05) is 35.8 Å². The topological polar surface area (TPSA) is 82.0 Å². The first-order valence-electron chi connectivity index (χ1n) is 12.4. The van der Waals surface area contributed by atoms with E-state index in [1.165, 1.54) is 6.42 Å². The maximum absolute atomic E-state index is 14.2. The summed E-state index contributed by atoms with van der Waals surface area (Å²) in [6.45, 7) is 2.13. The van der Waals surface area contributed by atoms with Crippen LogP contribution in [0.5, 0.6) is 17.2 Å². The number of methoxy groups -OCH3 is 3. The van der Waals surface area contributed by atoms with Crippen molar-refractivity contribution in [2.24, 2.45) is 0 Å². The molecule has 1 fully saturated rings. The number of hydrogen-bond acceptors (Lipinski definition) is 5. The van der Waals surface area contributed by atoms with Gasteiger partial charge >= 0.3 is 0 Å². The Kier molecular flexibility index (Phi) is 6.28. The lowest BCUT2D eigenvalue weighted by atomic mass is 9.90. The molecule has 2 heterocycles. The minimum absolute atomic E-state index is 0.112. The fourth-order valence-corrected chi connectivity index (χ4v) is 5.53.